The van der Waals surface area contributed by atoms with Crippen LogP contribution < -0.4 is 15.1 Å². The second-order valence-electron chi connectivity index (χ2n) is 8.17. The second-order valence-corrected chi connectivity index (χ2v) is 12.4. The Kier molecular flexibility index (Phi) is 6.22. The van der Waals surface area contributed by atoms with E-state index in [0.717, 1.165) is 10.4 Å². The quantitative estimate of drug-likeness (QED) is 0.352. The molecule has 5 heteroatoms. The summed E-state index contributed by atoms with van der Waals surface area (Å²) in [7, 11) is -2.97. The van der Waals surface area contributed by atoms with Crippen molar-refractivity contribution in [2.45, 2.75) is 32.7 Å². The molecular formula is C25H26O4Si. The van der Waals surface area contributed by atoms with Crippen LogP contribution in [0, 0.1) is 0 Å². The molecule has 0 bridgehead atoms. The molecule has 0 saturated heterocycles. The highest BCUT2D eigenvalue weighted by atomic mass is 28.4. The molecule has 0 saturated carbocycles. The van der Waals surface area contributed by atoms with E-state index in [1.807, 2.05) is 60.7 Å². The summed E-state index contributed by atoms with van der Waals surface area (Å²) in [5.74, 6) is -0.402. The van der Waals surface area contributed by atoms with Gasteiger partial charge in [0.1, 0.15) is 5.75 Å². The molecule has 0 N–H and O–H groups in total. The van der Waals surface area contributed by atoms with E-state index >= 15 is 0 Å². The van der Waals surface area contributed by atoms with Crippen LogP contribution in [-0.4, -0.2) is 20.3 Å². The molecule has 3 aromatic rings. The minimum absolute atomic E-state index is 0.303. The molecule has 0 aliphatic carbocycles. The number of ether oxygens (including phenoxy) is 1. The SMILES string of the molecule is CC(=O)Oc1ccc(C(=O)O[Si](c2ccccc2)(c2ccccc2)C(C)(C)C)cc1. The van der Waals surface area contributed by atoms with Gasteiger partial charge in [0.05, 0.1) is 5.56 Å². The van der Waals surface area contributed by atoms with Crippen molar-refractivity contribution in [2.75, 3.05) is 0 Å². The first-order valence-electron chi connectivity index (χ1n) is 9.87. The Morgan fingerprint density at radius 1 is 0.733 bits per heavy atom. The van der Waals surface area contributed by atoms with Crippen molar-refractivity contribution in [3.8, 4) is 5.75 Å². The summed E-state index contributed by atoms with van der Waals surface area (Å²) in [4.78, 5) is 24.4. The van der Waals surface area contributed by atoms with Gasteiger partial charge in [-0.2, -0.15) is 0 Å². The molecule has 0 aromatic heterocycles. The van der Waals surface area contributed by atoms with Crippen molar-refractivity contribution in [3.63, 3.8) is 0 Å². The van der Waals surface area contributed by atoms with Gasteiger partial charge in [-0.3, -0.25) is 4.79 Å². The van der Waals surface area contributed by atoms with Crippen molar-refractivity contribution < 1.29 is 18.8 Å². The first-order chi connectivity index (χ1) is 14.2. The van der Waals surface area contributed by atoms with E-state index in [9.17, 15) is 9.59 Å². The van der Waals surface area contributed by atoms with Crippen LogP contribution in [-0.2, 0) is 9.22 Å². The number of carbonyl (C=O) groups is 2. The van der Waals surface area contributed by atoms with E-state index in [-0.39, 0.29) is 5.04 Å². The molecule has 0 heterocycles. The number of hydrogen-bond acceptors (Lipinski definition) is 4. The predicted molar refractivity (Wildman–Crippen MR) is 121 cm³/mol. The Hall–Kier alpha value is -3.18. The van der Waals surface area contributed by atoms with Crippen LogP contribution in [0.5, 0.6) is 5.75 Å². The van der Waals surface area contributed by atoms with Crippen LogP contribution in [0.1, 0.15) is 38.1 Å². The topological polar surface area (TPSA) is 52.6 Å². The molecule has 0 atom stereocenters. The van der Waals surface area contributed by atoms with Gasteiger partial charge in [-0.25, -0.2) is 4.79 Å². The van der Waals surface area contributed by atoms with E-state index in [2.05, 4.69) is 20.8 Å². The molecule has 154 valence electrons. The highest BCUT2D eigenvalue weighted by Crippen LogP contribution is 2.37. The molecule has 0 radical (unpaired) electrons. The van der Waals surface area contributed by atoms with Crippen molar-refractivity contribution in [1.29, 1.82) is 0 Å². The second kappa shape index (κ2) is 8.67. The lowest BCUT2D eigenvalue weighted by atomic mass is 10.2. The van der Waals surface area contributed by atoms with Crippen molar-refractivity contribution >= 4 is 30.6 Å². The van der Waals surface area contributed by atoms with E-state index in [1.165, 1.54) is 6.92 Å². The lowest BCUT2D eigenvalue weighted by Crippen LogP contribution is -2.67. The molecule has 0 aliphatic heterocycles. The third kappa shape index (κ3) is 4.36. The van der Waals surface area contributed by atoms with Gasteiger partial charge in [0.25, 0.3) is 0 Å². The fraction of sp³-hybridized carbons (Fsp3) is 0.200. The highest BCUT2D eigenvalue weighted by molar-refractivity contribution is 7.00. The van der Waals surface area contributed by atoms with E-state index in [1.54, 1.807) is 24.3 Å². The van der Waals surface area contributed by atoms with Crippen LogP contribution >= 0.6 is 0 Å². The zero-order valence-corrected chi connectivity index (χ0v) is 18.7. The lowest BCUT2D eigenvalue weighted by molar-refractivity contribution is -0.131. The number of esters is 1. The van der Waals surface area contributed by atoms with Crippen LogP contribution in [0.25, 0.3) is 0 Å². The van der Waals surface area contributed by atoms with Gasteiger partial charge in [0.2, 0.25) is 0 Å². The van der Waals surface area contributed by atoms with Crippen LogP contribution in [0.2, 0.25) is 5.04 Å². The minimum atomic E-state index is -2.97. The maximum absolute atomic E-state index is 13.3. The van der Waals surface area contributed by atoms with Gasteiger partial charge < -0.3 is 9.16 Å². The summed E-state index contributed by atoms with van der Waals surface area (Å²) < 4.78 is 11.5. The summed E-state index contributed by atoms with van der Waals surface area (Å²) in [6.07, 6.45) is 0. The molecule has 0 fully saturated rings. The Labute approximate surface area is 178 Å². The standard InChI is InChI=1S/C25H26O4Si/c1-19(26)28-21-17-15-20(16-18-21)24(27)29-30(25(2,3)4,22-11-7-5-8-12-22)23-13-9-6-10-14-23/h5-18H,1-4H3. The van der Waals surface area contributed by atoms with Crippen LogP contribution in [0.3, 0.4) is 0 Å². The fourth-order valence-electron chi connectivity index (χ4n) is 3.67. The van der Waals surface area contributed by atoms with Gasteiger partial charge in [0.15, 0.2) is 0 Å². The first kappa shape index (κ1) is 21.5. The summed E-state index contributed by atoms with van der Waals surface area (Å²) in [5, 5.41) is 1.77. The van der Waals surface area contributed by atoms with Gasteiger partial charge in [-0.05, 0) is 39.7 Å². The zero-order chi connectivity index (χ0) is 21.8. The summed E-state index contributed by atoms with van der Waals surface area (Å²) >= 11 is 0. The fourth-order valence-corrected chi connectivity index (χ4v) is 8.00. The molecule has 0 unspecified atom stereocenters. The minimum Gasteiger partial charge on any atom is -0.506 e. The van der Waals surface area contributed by atoms with Gasteiger partial charge in [-0.15, -0.1) is 0 Å². The van der Waals surface area contributed by atoms with Gasteiger partial charge in [-0.1, -0.05) is 81.4 Å². The molecule has 0 spiro atoms. The summed E-state index contributed by atoms with van der Waals surface area (Å²) in [6.45, 7) is 7.70. The Balaban J connectivity index is 2.07. The Morgan fingerprint density at radius 3 is 1.60 bits per heavy atom. The lowest BCUT2D eigenvalue weighted by Gasteiger charge is -2.42. The Bertz CT molecular complexity index is 967. The molecular weight excluding hydrogens is 392 g/mol. The molecule has 0 aliphatic rings. The average Bonchev–Trinajstić information content (AvgIpc) is 2.72. The average molecular weight is 419 g/mol. The molecule has 0 amide bonds. The number of hydrogen-bond donors (Lipinski definition) is 0. The normalized spacial score (nSPS) is 11.6. The van der Waals surface area contributed by atoms with Crippen LogP contribution in [0.4, 0.5) is 0 Å². The van der Waals surface area contributed by atoms with E-state index in [4.69, 9.17) is 9.16 Å². The largest absolute Gasteiger partial charge is 0.506 e. The number of rotatable bonds is 5. The first-order valence-corrected chi connectivity index (χ1v) is 11.8. The predicted octanol–water partition coefficient (Wildman–Crippen LogP) is 4.33. The van der Waals surface area contributed by atoms with Crippen LogP contribution in [0.15, 0.2) is 84.9 Å². The van der Waals surface area contributed by atoms with Crippen molar-refractivity contribution in [1.82, 2.24) is 0 Å². The number of carbonyl (C=O) groups excluding carboxylic acids is 2. The third-order valence-corrected chi connectivity index (χ3v) is 9.91. The van der Waals surface area contributed by atoms with E-state index in [0.29, 0.717) is 11.3 Å². The van der Waals surface area contributed by atoms with Crippen molar-refractivity contribution in [3.05, 3.63) is 90.5 Å². The molecule has 30 heavy (non-hydrogen) atoms. The maximum Gasteiger partial charge on any atom is 0.325 e. The van der Waals surface area contributed by atoms with Gasteiger partial charge in [0, 0.05) is 6.92 Å². The number of benzene rings is 3. The Morgan fingerprint density at radius 2 is 1.20 bits per heavy atom. The summed E-state index contributed by atoms with van der Waals surface area (Å²) in [6, 6.07) is 26.5. The smallest absolute Gasteiger partial charge is 0.325 e. The van der Waals surface area contributed by atoms with E-state index < -0.39 is 20.3 Å². The van der Waals surface area contributed by atoms with Crippen molar-refractivity contribution in [2.24, 2.45) is 0 Å². The maximum atomic E-state index is 13.3. The molecule has 3 rings (SSSR count). The highest BCUT2D eigenvalue weighted by Gasteiger charge is 2.53. The monoisotopic (exact) mass is 418 g/mol. The zero-order valence-electron chi connectivity index (χ0n) is 17.7. The van der Waals surface area contributed by atoms with Gasteiger partial charge >= 0.3 is 20.3 Å². The molecule has 4 nitrogen and oxygen atoms in total. The third-order valence-electron chi connectivity index (χ3n) is 5.01. The molecule has 3 aromatic carbocycles. The summed E-state index contributed by atoms with van der Waals surface area (Å²) in [5.41, 5.74) is 0.416.